The van der Waals surface area contributed by atoms with Gasteiger partial charge in [-0.3, -0.25) is 19.3 Å². The number of ether oxygens (including phenoxy) is 1. The summed E-state index contributed by atoms with van der Waals surface area (Å²) in [4.78, 5) is 38.1. The molecule has 0 radical (unpaired) electrons. The second kappa shape index (κ2) is 8.65. The van der Waals surface area contributed by atoms with Gasteiger partial charge in [-0.1, -0.05) is 39.0 Å². The Labute approximate surface area is 168 Å². The first kappa shape index (κ1) is 20.2. The zero-order chi connectivity index (χ0) is 20.3. The van der Waals surface area contributed by atoms with Crippen LogP contribution in [0.2, 0.25) is 0 Å². The molecule has 6 nitrogen and oxygen atoms in total. The zero-order valence-electron chi connectivity index (χ0n) is 16.3. The highest BCUT2D eigenvalue weighted by Gasteiger charge is 2.36. The molecule has 0 unspecified atom stereocenters. The third-order valence-corrected chi connectivity index (χ3v) is 5.22. The number of aromatic nitrogens is 1. The van der Waals surface area contributed by atoms with Crippen molar-refractivity contribution in [2.24, 2.45) is 5.92 Å². The Balaban J connectivity index is 1.82. The third-order valence-electron chi connectivity index (χ3n) is 4.31. The number of fused-ring (bicyclic) bond motifs is 1. The van der Waals surface area contributed by atoms with Crippen LogP contribution in [-0.4, -0.2) is 39.7 Å². The van der Waals surface area contributed by atoms with Crippen LogP contribution in [0.15, 0.2) is 35.4 Å². The maximum atomic E-state index is 12.7. The summed E-state index contributed by atoms with van der Waals surface area (Å²) in [5.74, 6) is -0.834. The monoisotopic (exact) mass is 400 g/mol. The fourth-order valence-electron chi connectivity index (χ4n) is 3.03. The number of rotatable bonds is 7. The van der Waals surface area contributed by atoms with E-state index in [0.29, 0.717) is 4.91 Å². The Morgan fingerprint density at radius 3 is 2.71 bits per heavy atom. The molecule has 7 heteroatoms. The Kier molecular flexibility index (Phi) is 6.24. The van der Waals surface area contributed by atoms with Crippen molar-refractivity contribution < 1.29 is 19.1 Å². The van der Waals surface area contributed by atoms with Gasteiger partial charge in [0, 0.05) is 29.2 Å². The first-order valence-corrected chi connectivity index (χ1v) is 10.2. The van der Waals surface area contributed by atoms with Gasteiger partial charge in [-0.25, -0.2) is 0 Å². The minimum atomic E-state index is -0.572. The lowest BCUT2D eigenvalue weighted by molar-refractivity contribution is -0.147. The van der Waals surface area contributed by atoms with E-state index in [1.54, 1.807) is 6.08 Å². The van der Waals surface area contributed by atoms with Gasteiger partial charge in [-0.15, -0.1) is 0 Å². The second-order valence-electron chi connectivity index (χ2n) is 7.14. The molecule has 1 aliphatic rings. The highest BCUT2D eigenvalue weighted by molar-refractivity contribution is 8.18. The lowest BCUT2D eigenvalue weighted by atomic mass is 10.1. The number of hydrogen-bond acceptors (Lipinski definition) is 5. The Morgan fingerprint density at radius 1 is 1.25 bits per heavy atom. The van der Waals surface area contributed by atoms with Gasteiger partial charge in [0.2, 0.25) is 0 Å². The van der Waals surface area contributed by atoms with E-state index in [4.69, 9.17) is 4.74 Å². The number of thioether (sulfide) groups is 1. The van der Waals surface area contributed by atoms with Gasteiger partial charge in [0.25, 0.3) is 11.1 Å². The molecule has 0 spiro atoms. The smallest absolute Gasteiger partial charge is 0.326 e. The number of carbonyl (C=O) groups excluding carboxylic acids is 3. The van der Waals surface area contributed by atoms with E-state index in [1.165, 1.54) is 0 Å². The standard InChI is InChI=1S/C21H24N2O4S/c1-4-9-22-11-15(16-7-5-6-8-17(16)22)10-18-20(25)23(21(26)28-18)12-19(24)27-13-14(2)3/h5-8,10-11,14H,4,9,12-13H2,1-3H3/b18-10-. The predicted octanol–water partition coefficient (Wildman–Crippen LogP) is 4.29. The molecule has 1 fully saturated rings. The maximum absolute atomic E-state index is 12.7. The van der Waals surface area contributed by atoms with E-state index < -0.39 is 17.1 Å². The molecule has 28 heavy (non-hydrogen) atoms. The second-order valence-corrected chi connectivity index (χ2v) is 8.13. The summed E-state index contributed by atoms with van der Waals surface area (Å²) in [5, 5.41) is 0.578. The number of amides is 2. The summed E-state index contributed by atoms with van der Waals surface area (Å²) in [7, 11) is 0. The predicted molar refractivity (Wildman–Crippen MR) is 111 cm³/mol. The number of carbonyl (C=O) groups is 3. The first-order valence-electron chi connectivity index (χ1n) is 9.39. The minimum absolute atomic E-state index is 0.194. The van der Waals surface area contributed by atoms with Crippen LogP contribution in [0.1, 0.15) is 32.8 Å². The van der Waals surface area contributed by atoms with Crippen molar-refractivity contribution in [1.82, 2.24) is 9.47 Å². The fraction of sp³-hybridized carbons (Fsp3) is 0.381. The average Bonchev–Trinajstić information content (AvgIpc) is 3.13. The number of esters is 1. The average molecular weight is 401 g/mol. The Bertz CT molecular complexity index is 945. The maximum Gasteiger partial charge on any atom is 0.326 e. The molecule has 0 atom stereocenters. The molecule has 2 aromatic rings. The number of nitrogens with zero attached hydrogens (tertiary/aromatic N) is 2. The number of para-hydroxylation sites is 1. The summed E-state index contributed by atoms with van der Waals surface area (Å²) in [6, 6.07) is 7.97. The Morgan fingerprint density at radius 2 is 2.00 bits per heavy atom. The van der Waals surface area contributed by atoms with Crippen molar-refractivity contribution in [2.45, 2.75) is 33.7 Å². The lowest BCUT2D eigenvalue weighted by Crippen LogP contribution is -2.34. The highest BCUT2D eigenvalue weighted by atomic mass is 32.2. The third kappa shape index (κ3) is 4.30. The van der Waals surface area contributed by atoms with E-state index in [-0.39, 0.29) is 19.1 Å². The number of hydrogen-bond donors (Lipinski definition) is 0. The number of imide groups is 1. The highest BCUT2D eigenvalue weighted by Crippen LogP contribution is 2.34. The molecule has 0 N–H and O–H groups in total. The van der Waals surface area contributed by atoms with Gasteiger partial charge in [0.05, 0.1) is 11.5 Å². The van der Waals surface area contributed by atoms with Gasteiger partial charge in [0.15, 0.2) is 0 Å². The van der Waals surface area contributed by atoms with E-state index in [2.05, 4.69) is 11.5 Å². The molecule has 2 heterocycles. The number of benzene rings is 1. The lowest BCUT2D eigenvalue weighted by Gasteiger charge is -2.12. The van der Waals surface area contributed by atoms with Gasteiger partial charge < -0.3 is 9.30 Å². The van der Waals surface area contributed by atoms with Crippen molar-refractivity contribution in [3.05, 3.63) is 40.9 Å². The van der Waals surface area contributed by atoms with Crippen LogP contribution in [0.4, 0.5) is 4.79 Å². The van der Waals surface area contributed by atoms with Crippen molar-refractivity contribution >= 4 is 45.9 Å². The van der Waals surface area contributed by atoms with E-state index in [0.717, 1.165) is 46.1 Å². The normalized spacial score (nSPS) is 16.0. The van der Waals surface area contributed by atoms with Crippen LogP contribution < -0.4 is 0 Å². The summed E-state index contributed by atoms with van der Waals surface area (Å²) >= 11 is 0.856. The molecule has 0 bridgehead atoms. The van der Waals surface area contributed by atoms with Gasteiger partial charge in [-0.05, 0) is 36.2 Å². The summed E-state index contributed by atoms with van der Waals surface area (Å²) in [5.41, 5.74) is 1.98. The van der Waals surface area contributed by atoms with Crippen molar-refractivity contribution in [2.75, 3.05) is 13.2 Å². The molecule has 1 saturated heterocycles. The largest absolute Gasteiger partial charge is 0.464 e. The molecule has 3 rings (SSSR count). The van der Waals surface area contributed by atoms with Crippen LogP contribution >= 0.6 is 11.8 Å². The topological polar surface area (TPSA) is 68.6 Å². The quantitative estimate of drug-likeness (QED) is 0.512. The van der Waals surface area contributed by atoms with Crippen LogP contribution in [0.25, 0.3) is 17.0 Å². The molecular weight excluding hydrogens is 376 g/mol. The molecule has 148 valence electrons. The van der Waals surface area contributed by atoms with Gasteiger partial charge in [-0.2, -0.15) is 0 Å². The van der Waals surface area contributed by atoms with Crippen molar-refractivity contribution in [1.29, 1.82) is 0 Å². The summed E-state index contributed by atoms with van der Waals surface area (Å²) in [6.45, 7) is 6.74. The molecule has 0 saturated carbocycles. The Hall–Kier alpha value is -2.54. The van der Waals surface area contributed by atoms with Gasteiger partial charge in [0.1, 0.15) is 6.54 Å². The van der Waals surface area contributed by atoms with Crippen LogP contribution in [-0.2, 0) is 20.9 Å². The van der Waals surface area contributed by atoms with E-state index in [9.17, 15) is 14.4 Å². The molecule has 2 amide bonds. The van der Waals surface area contributed by atoms with Crippen LogP contribution in [0.3, 0.4) is 0 Å². The first-order chi connectivity index (χ1) is 13.4. The van der Waals surface area contributed by atoms with Crippen molar-refractivity contribution in [3.8, 4) is 0 Å². The van der Waals surface area contributed by atoms with Gasteiger partial charge >= 0.3 is 5.97 Å². The fourth-order valence-corrected chi connectivity index (χ4v) is 3.86. The van der Waals surface area contributed by atoms with E-state index in [1.807, 2.05) is 44.3 Å². The SMILES string of the molecule is CCCn1cc(/C=C2\SC(=O)N(CC(=O)OCC(C)C)C2=O)c2ccccc21. The molecular formula is C21H24N2O4S. The summed E-state index contributed by atoms with van der Waals surface area (Å²) in [6.07, 6.45) is 4.73. The molecule has 1 aromatic carbocycles. The summed E-state index contributed by atoms with van der Waals surface area (Å²) < 4.78 is 7.23. The molecule has 0 aliphatic carbocycles. The molecule has 1 aliphatic heterocycles. The minimum Gasteiger partial charge on any atom is -0.464 e. The molecule has 1 aromatic heterocycles. The van der Waals surface area contributed by atoms with Crippen molar-refractivity contribution in [3.63, 3.8) is 0 Å². The van der Waals surface area contributed by atoms with Crippen LogP contribution in [0, 0.1) is 5.92 Å². The van der Waals surface area contributed by atoms with Crippen LogP contribution in [0.5, 0.6) is 0 Å². The van der Waals surface area contributed by atoms with E-state index >= 15 is 0 Å². The number of aryl methyl sites for hydroxylation is 1. The zero-order valence-corrected chi connectivity index (χ0v) is 17.1.